The van der Waals surface area contributed by atoms with Gasteiger partial charge in [0.1, 0.15) is 0 Å². The summed E-state index contributed by atoms with van der Waals surface area (Å²) in [7, 11) is -7.72. The van der Waals surface area contributed by atoms with Crippen LogP contribution in [0.4, 0.5) is 0 Å². The van der Waals surface area contributed by atoms with Crippen molar-refractivity contribution in [2.45, 2.75) is 45.9 Å². The molecule has 31 heavy (non-hydrogen) atoms. The zero-order valence-corrected chi connectivity index (χ0v) is 20.2. The summed E-state index contributed by atoms with van der Waals surface area (Å²) in [5.41, 5.74) is 0.709. The Morgan fingerprint density at radius 1 is 0.774 bits per heavy atom. The van der Waals surface area contributed by atoms with E-state index in [4.69, 9.17) is 18.1 Å². The SMILES string of the molecule is CCOP(=O)(OCC)C(CCCN1C(=O)c2ccccc2C1=O)P(=O)(OCC)OCC. The number of hydrogen-bond donors (Lipinski definition) is 0. The van der Waals surface area contributed by atoms with Crippen molar-refractivity contribution in [3.05, 3.63) is 35.4 Å². The van der Waals surface area contributed by atoms with Gasteiger partial charge in [-0.3, -0.25) is 23.6 Å². The number of nitrogens with zero attached hydrogens (tertiary/aromatic N) is 1. The lowest BCUT2D eigenvalue weighted by molar-refractivity contribution is 0.0652. The molecule has 0 fully saturated rings. The number of hydrogen-bond acceptors (Lipinski definition) is 8. The third kappa shape index (κ3) is 5.72. The van der Waals surface area contributed by atoms with E-state index in [1.54, 1.807) is 52.0 Å². The maximum absolute atomic E-state index is 13.5. The molecule has 2 amide bonds. The van der Waals surface area contributed by atoms with E-state index in [0.717, 1.165) is 4.90 Å². The highest BCUT2D eigenvalue weighted by molar-refractivity contribution is 7.72. The second kappa shape index (κ2) is 11.5. The molecule has 1 aliphatic rings. The van der Waals surface area contributed by atoms with Crippen molar-refractivity contribution in [3.8, 4) is 0 Å². The van der Waals surface area contributed by atoms with Crippen molar-refractivity contribution in [3.63, 3.8) is 0 Å². The van der Waals surface area contributed by atoms with Crippen LogP contribution in [0.1, 0.15) is 61.3 Å². The molecule has 1 aromatic rings. The number of amides is 2. The average Bonchev–Trinajstić information content (AvgIpc) is 2.96. The number of carbonyl (C=O) groups excluding carboxylic acids is 2. The van der Waals surface area contributed by atoms with Crippen molar-refractivity contribution in [2.75, 3.05) is 33.0 Å². The van der Waals surface area contributed by atoms with Crippen molar-refractivity contribution in [1.29, 1.82) is 0 Å². The van der Waals surface area contributed by atoms with Gasteiger partial charge in [-0.15, -0.1) is 0 Å². The van der Waals surface area contributed by atoms with E-state index < -0.39 is 20.6 Å². The summed E-state index contributed by atoms with van der Waals surface area (Å²) in [4.78, 5) is 26.3. The second-order valence-electron chi connectivity index (χ2n) is 6.68. The molecule has 174 valence electrons. The summed E-state index contributed by atoms with van der Waals surface area (Å²) in [6.45, 7) is 7.06. The van der Waals surface area contributed by atoms with Crippen molar-refractivity contribution < 1.29 is 36.8 Å². The molecule has 0 spiro atoms. The van der Waals surface area contributed by atoms with Crippen molar-refractivity contribution >= 4 is 27.0 Å². The summed E-state index contributed by atoms with van der Waals surface area (Å²) in [6.07, 6.45) is 0.284. The standard InChI is InChI=1S/C20H31NO8P2/c1-5-26-30(24,27-6-2)18(31(25,28-7-3)29-8-4)14-11-15-21-19(22)16-12-9-10-13-17(16)20(21)23/h9-10,12-13,18H,5-8,11,14-15H2,1-4H3. The Morgan fingerprint density at radius 3 is 1.52 bits per heavy atom. The summed E-state index contributed by atoms with van der Waals surface area (Å²) in [5.74, 6) is -0.763. The molecule has 0 radical (unpaired) electrons. The first-order valence-electron chi connectivity index (χ1n) is 10.5. The maximum atomic E-state index is 13.5. The monoisotopic (exact) mass is 475 g/mol. The first-order valence-corrected chi connectivity index (χ1v) is 13.7. The zero-order chi connectivity index (χ0) is 23.1. The highest BCUT2D eigenvalue weighted by Crippen LogP contribution is 2.71. The van der Waals surface area contributed by atoms with E-state index in [0.29, 0.717) is 11.1 Å². The van der Waals surface area contributed by atoms with Gasteiger partial charge in [-0.25, -0.2) is 0 Å². The van der Waals surface area contributed by atoms with Crippen LogP contribution in [0.25, 0.3) is 0 Å². The minimum Gasteiger partial charge on any atom is -0.308 e. The first kappa shape index (κ1) is 25.9. The van der Waals surface area contributed by atoms with Gasteiger partial charge in [0, 0.05) is 6.54 Å². The second-order valence-corrected chi connectivity index (χ2v) is 11.5. The molecule has 0 saturated heterocycles. The molecule has 0 atom stereocenters. The van der Waals surface area contributed by atoms with Gasteiger partial charge in [0.25, 0.3) is 11.8 Å². The molecule has 0 saturated carbocycles. The summed E-state index contributed by atoms with van der Waals surface area (Å²) in [6, 6.07) is 6.61. The van der Waals surface area contributed by atoms with Crippen LogP contribution in [0.2, 0.25) is 0 Å². The molecular weight excluding hydrogens is 444 g/mol. The minimum atomic E-state index is -3.86. The van der Waals surface area contributed by atoms with E-state index in [9.17, 15) is 18.7 Å². The number of rotatable bonds is 14. The van der Waals surface area contributed by atoms with E-state index >= 15 is 0 Å². The molecule has 0 N–H and O–H groups in total. The highest BCUT2D eigenvalue weighted by Gasteiger charge is 2.50. The first-order chi connectivity index (χ1) is 14.8. The lowest BCUT2D eigenvalue weighted by Gasteiger charge is -2.31. The Kier molecular flexibility index (Phi) is 9.62. The fraction of sp³-hybridized carbons (Fsp3) is 0.600. The van der Waals surface area contributed by atoms with Gasteiger partial charge in [0.2, 0.25) is 0 Å². The van der Waals surface area contributed by atoms with Crippen LogP contribution in [-0.2, 0) is 27.2 Å². The Bertz CT molecular complexity index is 789. The maximum Gasteiger partial charge on any atom is 0.345 e. The van der Waals surface area contributed by atoms with E-state index in [1.807, 2.05) is 0 Å². The molecule has 11 heteroatoms. The van der Waals surface area contributed by atoms with Gasteiger partial charge in [-0.2, -0.15) is 0 Å². The molecular formula is C20H31NO8P2. The lowest BCUT2D eigenvalue weighted by Crippen LogP contribution is -2.31. The van der Waals surface area contributed by atoms with Crippen molar-refractivity contribution in [2.24, 2.45) is 0 Å². The topological polar surface area (TPSA) is 108 Å². The Balaban J connectivity index is 2.24. The molecule has 2 rings (SSSR count). The van der Waals surface area contributed by atoms with Crippen LogP contribution in [0.15, 0.2) is 24.3 Å². The predicted octanol–water partition coefficient (Wildman–Crippen LogP) is 4.92. The molecule has 0 aromatic heterocycles. The normalized spacial score (nSPS) is 14.5. The molecule has 1 heterocycles. The van der Waals surface area contributed by atoms with Gasteiger partial charge < -0.3 is 18.1 Å². The van der Waals surface area contributed by atoms with Gasteiger partial charge in [0.15, 0.2) is 5.40 Å². The summed E-state index contributed by atoms with van der Waals surface area (Å²) >= 11 is 0. The largest absolute Gasteiger partial charge is 0.345 e. The van der Waals surface area contributed by atoms with Crippen LogP contribution in [0.3, 0.4) is 0 Å². The highest BCUT2D eigenvalue weighted by atomic mass is 31.2. The molecule has 0 unspecified atom stereocenters. The van der Waals surface area contributed by atoms with Crippen LogP contribution in [0, 0.1) is 0 Å². The third-order valence-electron chi connectivity index (χ3n) is 4.69. The smallest absolute Gasteiger partial charge is 0.308 e. The summed E-state index contributed by atoms with van der Waals surface area (Å²) in [5, 5.41) is -1.17. The molecule has 1 aliphatic heterocycles. The lowest BCUT2D eigenvalue weighted by atomic mass is 10.1. The van der Waals surface area contributed by atoms with Gasteiger partial charge >= 0.3 is 15.2 Å². The number of fused-ring (bicyclic) bond motifs is 1. The third-order valence-corrected chi connectivity index (χ3v) is 10.8. The Hall–Kier alpha value is -1.34. The molecule has 0 aliphatic carbocycles. The van der Waals surface area contributed by atoms with E-state index in [2.05, 4.69) is 0 Å². The van der Waals surface area contributed by atoms with E-state index in [1.165, 1.54) is 0 Å². The van der Waals surface area contributed by atoms with Crippen LogP contribution in [0.5, 0.6) is 0 Å². The molecule has 9 nitrogen and oxygen atoms in total. The average molecular weight is 475 g/mol. The Labute approximate surface area is 183 Å². The van der Waals surface area contributed by atoms with Crippen LogP contribution < -0.4 is 0 Å². The zero-order valence-electron chi connectivity index (χ0n) is 18.4. The van der Waals surface area contributed by atoms with Gasteiger partial charge in [0.05, 0.1) is 37.6 Å². The fourth-order valence-corrected chi connectivity index (χ4v) is 8.96. The van der Waals surface area contributed by atoms with Crippen LogP contribution in [-0.4, -0.2) is 55.1 Å². The molecule has 0 bridgehead atoms. The fourth-order valence-electron chi connectivity index (χ4n) is 3.50. The van der Waals surface area contributed by atoms with E-state index in [-0.39, 0.29) is 57.6 Å². The predicted molar refractivity (Wildman–Crippen MR) is 117 cm³/mol. The Morgan fingerprint density at radius 2 is 1.16 bits per heavy atom. The van der Waals surface area contributed by atoms with Gasteiger partial charge in [-0.1, -0.05) is 12.1 Å². The molecule has 1 aromatic carbocycles. The number of benzene rings is 1. The minimum absolute atomic E-state index is 0.0575. The quantitative estimate of drug-likeness (QED) is 0.276. The van der Waals surface area contributed by atoms with Gasteiger partial charge in [-0.05, 0) is 52.7 Å². The number of carbonyl (C=O) groups is 2. The summed E-state index contributed by atoms with van der Waals surface area (Å²) < 4.78 is 48.8. The number of imide groups is 1. The van der Waals surface area contributed by atoms with Crippen LogP contribution >= 0.6 is 15.2 Å². The van der Waals surface area contributed by atoms with Crippen molar-refractivity contribution in [1.82, 2.24) is 4.90 Å².